The van der Waals surface area contributed by atoms with Crippen LogP contribution >= 0.6 is 11.3 Å². The molecule has 0 saturated carbocycles. The summed E-state index contributed by atoms with van der Waals surface area (Å²) in [7, 11) is 0. The van der Waals surface area contributed by atoms with Crippen LogP contribution in [0.25, 0.3) is 0 Å². The zero-order valence-corrected chi connectivity index (χ0v) is 18.1. The molecule has 156 valence electrons. The first kappa shape index (κ1) is 21.4. The van der Waals surface area contributed by atoms with Gasteiger partial charge < -0.3 is 15.5 Å². The van der Waals surface area contributed by atoms with Crippen LogP contribution in [0.1, 0.15) is 48.3 Å². The van der Waals surface area contributed by atoms with Crippen LogP contribution in [-0.2, 0) is 11.2 Å². The Morgan fingerprint density at radius 3 is 2.62 bits per heavy atom. The van der Waals surface area contributed by atoms with E-state index in [0.29, 0.717) is 18.9 Å². The number of carbonyl (C=O) groups is 2. The number of nitrogens with one attached hydrogen (secondary N) is 2. The van der Waals surface area contributed by atoms with Gasteiger partial charge in [-0.15, -0.1) is 11.3 Å². The van der Waals surface area contributed by atoms with E-state index < -0.39 is 0 Å². The van der Waals surface area contributed by atoms with Gasteiger partial charge in [-0.2, -0.15) is 0 Å². The lowest BCUT2D eigenvalue weighted by atomic mass is 10.0. The maximum absolute atomic E-state index is 12.7. The zero-order valence-electron chi connectivity index (χ0n) is 17.3. The van der Waals surface area contributed by atoms with Gasteiger partial charge >= 0.3 is 0 Å². The second-order valence-corrected chi connectivity index (χ2v) is 8.86. The average molecular weight is 414 g/mol. The lowest BCUT2D eigenvalue weighted by molar-refractivity contribution is -0.121. The number of anilines is 1. The number of nitrogens with zero attached hydrogens (tertiary/aromatic N) is 1. The highest BCUT2D eigenvalue weighted by molar-refractivity contribution is 7.10. The van der Waals surface area contributed by atoms with Crippen LogP contribution < -0.4 is 15.5 Å². The minimum atomic E-state index is -0.00715. The number of hydrogen-bond donors (Lipinski definition) is 2. The summed E-state index contributed by atoms with van der Waals surface area (Å²) >= 11 is 1.62. The Bertz CT molecular complexity index is 798. The van der Waals surface area contributed by atoms with Crippen LogP contribution in [0.5, 0.6) is 0 Å². The quantitative estimate of drug-likeness (QED) is 0.691. The molecule has 6 heteroatoms. The first-order valence-corrected chi connectivity index (χ1v) is 11.4. The third-order valence-electron chi connectivity index (χ3n) is 5.57. The number of para-hydroxylation sites is 1. The molecule has 1 unspecified atom stereocenters. The van der Waals surface area contributed by atoms with Crippen LogP contribution in [0.4, 0.5) is 5.69 Å². The molecule has 1 fully saturated rings. The molecular formula is C23H31N3O2S. The van der Waals surface area contributed by atoms with E-state index >= 15 is 0 Å². The standard InChI is InChI=1S/C23H31N3O2S/c1-3-17(2)16-24-23(28)20-8-4-5-9-21(20)26-12-10-18(11-13-26)25-22(27)15-19-7-6-14-29-19/h4-9,14,17-18H,3,10-13,15-16H2,1-2H3,(H,24,28)(H,25,27). The van der Waals surface area contributed by atoms with Gasteiger partial charge in [0.1, 0.15) is 0 Å². The number of benzene rings is 1. The second-order valence-electron chi connectivity index (χ2n) is 7.83. The first-order chi connectivity index (χ1) is 14.1. The lowest BCUT2D eigenvalue weighted by Gasteiger charge is -2.35. The van der Waals surface area contributed by atoms with E-state index in [1.54, 1.807) is 11.3 Å². The average Bonchev–Trinajstić information content (AvgIpc) is 3.25. The highest BCUT2D eigenvalue weighted by Crippen LogP contribution is 2.24. The Balaban J connectivity index is 1.54. The predicted octanol–water partition coefficient (Wildman–Crippen LogP) is 3.85. The fourth-order valence-electron chi connectivity index (χ4n) is 3.56. The maximum atomic E-state index is 12.7. The molecule has 2 N–H and O–H groups in total. The monoisotopic (exact) mass is 413 g/mol. The van der Waals surface area contributed by atoms with Crippen molar-refractivity contribution in [2.45, 2.75) is 45.6 Å². The minimum Gasteiger partial charge on any atom is -0.371 e. The molecule has 1 aliphatic heterocycles. The number of piperidine rings is 1. The molecule has 1 aliphatic rings. The van der Waals surface area contributed by atoms with Gasteiger partial charge in [0.25, 0.3) is 5.91 Å². The van der Waals surface area contributed by atoms with Crippen LogP contribution in [0.15, 0.2) is 41.8 Å². The van der Waals surface area contributed by atoms with Crippen molar-refractivity contribution in [2.24, 2.45) is 5.92 Å². The smallest absolute Gasteiger partial charge is 0.253 e. The molecule has 29 heavy (non-hydrogen) atoms. The molecule has 1 aromatic heterocycles. The van der Waals surface area contributed by atoms with Crippen molar-refractivity contribution >= 4 is 28.8 Å². The summed E-state index contributed by atoms with van der Waals surface area (Å²) in [4.78, 5) is 28.3. The van der Waals surface area contributed by atoms with Gasteiger partial charge in [-0.1, -0.05) is 38.5 Å². The molecule has 2 aromatic rings. The van der Waals surface area contributed by atoms with Crippen LogP contribution in [0, 0.1) is 5.92 Å². The van der Waals surface area contributed by atoms with E-state index in [-0.39, 0.29) is 17.9 Å². The summed E-state index contributed by atoms with van der Waals surface area (Å²) in [6.07, 6.45) is 3.28. The Morgan fingerprint density at radius 2 is 1.93 bits per heavy atom. The Hall–Kier alpha value is -2.34. The van der Waals surface area contributed by atoms with E-state index in [1.165, 1.54) is 0 Å². The van der Waals surface area contributed by atoms with Gasteiger partial charge in [-0.25, -0.2) is 0 Å². The van der Waals surface area contributed by atoms with Crippen LogP contribution in [0.2, 0.25) is 0 Å². The van der Waals surface area contributed by atoms with Crippen molar-refractivity contribution in [3.63, 3.8) is 0 Å². The summed E-state index contributed by atoms with van der Waals surface area (Å²) < 4.78 is 0. The summed E-state index contributed by atoms with van der Waals surface area (Å²) in [5, 5.41) is 8.23. The fraction of sp³-hybridized carbons (Fsp3) is 0.478. The zero-order chi connectivity index (χ0) is 20.6. The minimum absolute atomic E-state index is 0.00715. The first-order valence-electron chi connectivity index (χ1n) is 10.5. The molecule has 1 aromatic carbocycles. The normalized spacial score (nSPS) is 15.7. The summed E-state index contributed by atoms with van der Waals surface area (Å²) in [6, 6.07) is 12.0. The number of amides is 2. The Labute approximate surface area is 177 Å². The molecule has 1 atom stereocenters. The Kier molecular flexibility index (Phi) is 7.69. The largest absolute Gasteiger partial charge is 0.371 e. The number of hydrogen-bond acceptors (Lipinski definition) is 4. The molecular weight excluding hydrogens is 382 g/mol. The molecule has 0 radical (unpaired) electrons. The molecule has 0 aliphatic carbocycles. The van der Waals surface area contributed by atoms with Crippen LogP contribution in [-0.4, -0.2) is 37.5 Å². The molecule has 5 nitrogen and oxygen atoms in total. The molecule has 0 bridgehead atoms. The van der Waals surface area contributed by atoms with Crippen molar-refractivity contribution in [2.75, 3.05) is 24.5 Å². The SMILES string of the molecule is CCC(C)CNC(=O)c1ccccc1N1CCC(NC(=O)Cc2cccs2)CC1. The lowest BCUT2D eigenvalue weighted by Crippen LogP contribution is -2.45. The van der Waals surface area contributed by atoms with Gasteiger partial charge in [0.15, 0.2) is 0 Å². The van der Waals surface area contributed by atoms with Gasteiger partial charge in [-0.3, -0.25) is 9.59 Å². The Morgan fingerprint density at radius 1 is 1.17 bits per heavy atom. The van der Waals surface area contributed by atoms with Crippen molar-refractivity contribution < 1.29 is 9.59 Å². The number of rotatable bonds is 8. The topological polar surface area (TPSA) is 61.4 Å². The summed E-state index contributed by atoms with van der Waals surface area (Å²) in [5.41, 5.74) is 1.72. The van der Waals surface area contributed by atoms with Gasteiger partial charge in [0, 0.05) is 36.2 Å². The molecule has 2 amide bonds. The summed E-state index contributed by atoms with van der Waals surface area (Å²) in [6.45, 7) is 6.64. The predicted molar refractivity (Wildman–Crippen MR) is 120 cm³/mol. The third kappa shape index (κ3) is 6.07. The van der Waals surface area contributed by atoms with E-state index in [1.807, 2.05) is 41.8 Å². The number of thiophene rings is 1. The second kappa shape index (κ2) is 10.4. The van der Waals surface area contributed by atoms with Crippen molar-refractivity contribution in [3.05, 3.63) is 52.2 Å². The molecule has 2 heterocycles. The highest BCUT2D eigenvalue weighted by atomic mass is 32.1. The third-order valence-corrected chi connectivity index (χ3v) is 6.45. The number of carbonyl (C=O) groups excluding carboxylic acids is 2. The highest BCUT2D eigenvalue weighted by Gasteiger charge is 2.24. The fourth-order valence-corrected chi connectivity index (χ4v) is 4.27. The van der Waals surface area contributed by atoms with E-state index in [4.69, 9.17) is 0 Å². The van der Waals surface area contributed by atoms with Crippen molar-refractivity contribution in [3.8, 4) is 0 Å². The summed E-state index contributed by atoms with van der Waals surface area (Å²) in [5.74, 6) is 0.558. The molecule has 1 saturated heterocycles. The van der Waals surface area contributed by atoms with Gasteiger partial charge in [-0.05, 0) is 42.3 Å². The van der Waals surface area contributed by atoms with Gasteiger partial charge in [0.2, 0.25) is 5.91 Å². The van der Waals surface area contributed by atoms with Crippen molar-refractivity contribution in [1.82, 2.24) is 10.6 Å². The maximum Gasteiger partial charge on any atom is 0.253 e. The van der Waals surface area contributed by atoms with Crippen LogP contribution in [0.3, 0.4) is 0 Å². The van der Waals surface area contributed by atoms with E-state index in [9.17, 15) is 9.59 Å². The van der Waals surface area contributed by atoms with Gasteiger partial charge in [0.05, 0.1) is 12.0 Å². The van der Waals surface area contributed by atoms with E-state index in [2.05, 4.69) is 29.4 Å². The van der Waals surface area contributed by atoms with Crippen molar-refractivity contribution in [1.29, 1.82) is 0 Å². The van der Waals surface area contributed by atoms with E-state index in [0.717, 1.165) is 48.5 Å². The molecule has 0 spiro atoms. The molecule has 3 rings (SSSR count).